The van der Waals surface area contributed by atoms with Crippen molar-refractivity contribution in [2.45, 2.75) is 26.9 Å². The van der Waals surface area contributed by atoms with Gasteiger partial charge in [-0.3, -0.25) is 19.3 Å². The van der Waals surface area contributed by atoms with Crippen LogP contribution in [0.4, 0.5) is 17.1 Å². The quantitative estimate of drug-likeness (QED) is 0.107. The third-order valence-corrected chi connectivity index (χ3v) is 9.70. The second-order valence-electron chi connectivity index (χ2n) is 10.8. The molecule has 0 saturated carbocycles. The summed E-state index contributed by atoms with van der Waals surface area (Å²) in [6.45, 7) is 1.89. The van der Waals surface area contributed by atoms with Crippen LogP contribution in [0, 0.1) is 0 Å². The van der Waals surface area contributed by atoms with E-state index in [1.54, 1.807) is 65.2 Å². The first-order valence-corrected chi connectivity index (χ1v) is 16.7. The molecule has 1 unspecified atom stereocenters. The SMILES string of the molecule is COc1cc(O)ccc1/C=C(\NC(=O)c1ccccc1)C(=O)Nc1ccc(SC(C)C(=O)N2c3ccccc3Sc3ccccc32)cc1. The number of hydrogen-bond acceptors (Lipinski definition) is 7. The molecule has 0 radical (unpaired) electrons. The average molecular weight is 674 g/mol. The molecule has 0 aliphatic carbocycles. The van der Waals surface area contributed by atoms with Crippen molar-refractivity contribution in [1.82, 2.24) is 5.32 Å². The number of fused-ring (bicyclic) bond motifs is 2. The van der Waals surface area contributed by atoms with Gasteiger partial charge in [0.15, 0.2) is 0 Å². The molecule has 0 bridgehead atoms. The van der Waals surface area contributed by atoms with Gasteiger partial charge in [0, 0.05) is 37.6 Å². The molecule has 1 aliphatic heterocycles. The molecule has 8 nitrogen and oxygen atoms in total. The van der Waals surface area contributed by atoms with E-state index in [9.17, 15) is 19.5 Å². The van der Waals surface area contributed by atoms with Gasteiger partial charge < -0.3 is 20.5 Å². The van der Waals surface area contributed by atoms with E-state index in [1.807, 2.05) is 67.6 Å². The zero-order valence-corrected chi connectivity index (χ0v) is 27.7. The number of carbonyl (C=O) groups is 3. The molecule has 0 aromatic heterocycles. The zero-order chi connectivity index (χ0) is 33.6. The number of aromatic hydroxyl groups is 1. The van der Waals surface area contributed by atoms with E-state index in [0.29, 0.717) is 22.6 Å². The maximum atomic E-state index is 13.9. The smallest absolute Gasteiger partial charge is 0.272 e. The highest BCUT2D eigenvalue weighted by Crippen LogP contribution is 2.48. The number of ether oxygens (including phenoxy) is 1. The van der Waals surface area contributed by atoms with Crippen LogP contribution < -0.4 is 20.3 Å². The van der Waals surface area contributed by atoms with Crippen molar-refractivity contribution in [2.75, 3.05) is 17.3 Å². The number of nitrogens with one attached hydrogen (secondary N) is 2. The molecule has 0 fully saturated rings. The van der Waals surface area contributed by atoms with Crippen LogP contribution in [-0.2, 0) is 9.59 Å². The summed E-state index contributed by atoms with van der Waals surface area (Å²) in [5.74, 6) is -0.723. The third kappa shape index (κ3) is 7.25. The van der Waals surface area contributed by atoms with E-state index in [-0.39, 0.29) is 17.4 Å². The van der Waals surface area contributed by atoms with Gasteiger partial charge in [-0.2, -0.15) is 0 Å². The Morgan fingerprint density at radius 1 is 0.833 bits per heavy atom. The zero-order valence-electron chi connectivity index (χ0n) is 26.0. The molecule has 3 amide bonds. The van der Waals surface area contributed by atoms with Crippen molar-refractivity contribution >= 4 is 64.4 Å². The number of hydrogen-bond donors (Lipinski definition) is 3. The fourth-order valence-corrected chi connectivity index (χ4v) is 7.08. The first kappa shape index (κ1) is 32.5. The summed E-state index contributed by atoms with van der Waals surface area (Å²) < 4.78 is 5.37. The second-order valence-corrected chi connectivity index (χ2v) is 13.3. The van der Waals surface area contributed by atoms with Crippen LogP contribution in [0.1, 0.15) is 22.8 Å². The second kappa shape index (κ2) is 14.5. The first-order chi connectivity index (χ1) is 23.3. The Labute approximate surface area is 286 Å². The highest BCUT2D eigenvalue weighted by Gasteiger charge is 2.31. The van der Waals surface area contributed by atoms with Gasteiger partial charge in [0.1, 0.15) is 17.2 Å². The number of phenolic OH excluding ortho intramolecular Hbond substituents is 1. The number of rotatable bonds is 9. The van der Waals surface area contributed by atoms with Crippen LogP contribution >= 0.6 is 23.5 Å². The van der Waals surface area contributed by atoms with Gasteiger partial charge in [0.05, 0.1) is 23.7 Å². The fourth-order valence-electron chi connectivity index (χ4n) is 5.11. The van der Waals surface area contributed by atoms with Gasteiger partial charge in [0.2, 0.25) is 5.91 Å². The Bertz CT molecular complexity index is 1970. The normalized spacial score (nSPS) is 12.7. The molecule has 240 valence electrons. The summed E-state index contributed by atoms with van der Waals surface area (Å²) in [6, 6.07) is 36.0. The lowest BCUT2D eigenvalue weighted by Crippen LogP contribution is -2.34. The monoisotopic (exact) mass is 673 g/mol. The minimum absolute atomic E-state index is 0.00173. The number of amides is 3. The van der Waals surface area contributed by atoms with E-state index in [0.717, 1.165) is 26.1 Å². The minimum atomic E-state index is -0.557. The molecule has 10 heteroatoms. The van der Waals surface area contributed by atoms with Crippen LogP contribution in [0.2, 0.25) is 0 Å². The van der Waals surface area contributed by atoms with Gasteiger partial charge in [-0.1, -0.05) is 54.2 Å². The van der Waals surface area contributed by atoms with Gasteiger partial charge >= 0.3 is 0 Å². The number of methoxy groups -OCH3 is 1. The van der Waals surface area contributed by atoms with Crippen molar-refractivity contribution in [3.05, 3.63) is 138 Å². The average Bonchev–Trinajstić information content (AvgIpc) is 3.11. The third-order valence-electron chi connectivity index (χ3n) is 7.47. The highest BCUT2D eigenvalue weighted by atomic mass is 32.2. The molecule has 1 aliphatic rings. The van der Waals surface area contributed by atoms with Crippen LogP contribution in [0.15, 0.2) is 142 Å². The summed E-state index contributed by atoms with van der Waals surface area (Å²) in [5, 5.41) is 15.0. The maximum absolute atomic E-state index is 13.9. The van der Waals surface area contributed by atoms with Crippen molar-refractivity contribution in [1.29, 1.82) is 0 Å². The Hall–Kier alpha value is -5.45. The van der Waals surface area contributed by atoms with Gasteiger partial charge in [-0.05, 0) is 85.8 Å². The van der Waals surface area contributed by atoms with Crippen molar-refractivity contribution in [2.24, 2.45) is 0 Å². The number of anilines is 3. The Balaban J connectivity index is 1.18. The molecular formula is C38H31N3O5S2. The summed E-state index contributed by atoms with van der Waals surface area (Å²) in [6.07, 6.45) is 1.49. The Morgan fingerprint density at radius 2 is 1.46 bits per heavy atom. The molecule has 5 aromatic rings. The maximum Gasteiger partial charge on any atom is 0.272 e. The molecule has 0 spiro atoms. The summed E-state index contributed by atoms with van der Waals surface area (Å²) in [4.78, 5) is 45.2. The predicted octanol–water partition coefficient (Wildman–Crippen LogP) is 8.12. The lowest BCUT2D eigenvalue weighted by atomic mass is 10.1. The first-order valence-electron chi connectivity index (χ1n) is 15.0. The molecule has 1 heterocycles. The van der Waals surface area contributed by atoms with E-state index < -0.39 is 17.1 Å². The van der Waals surface area contributed by atoms with Crippen molar-refractivity contribution in [3.63, 3.8) is 0 Å². The standard InChI is InChI=1S/C38H31N3O5S2/c1-24(38(45)41-31-12-6-8-14-34(31)48-35-15-9-7-13-32(35)41)47-29-20-17-27(18-21-29)39-37(44)30(40-36(43)25-10-4-3-5-11-25)22-26-16-19-28(42)23-33(26)46-2/h3-24,42H,1-2H3,(H,39,44)(H,40,43)/b30-22-. The molecular weight excluding hydrogens is 643 g/mol. The van der Waals surface area contributed by atoms with Crippen LogP contribution in [0.5, 0.6) is 11.5 Å². The predicted molar refractivity (Wildman–Crippen MR) is 191 cm³/mol. The van der Waals surface area contributed by atoms with Crippen LogP contribution in [-0.4, -0.2) is 35.2 Å². The van der Waals surface area contributed by atoms with E-state index in [4.69, 9.17) is 4.74 Å². The summed E-state index contributed by atoms with van der Waals surface area (Å²) in [7, 11) is 1.45. The largest absolute Gasteiger partial charge is 0.508 e. The number of carbonyl (C=O) groups excluding carboxylic acids is 3. The van der Waals surface area contributed by atoms with Gasteiger partial charge in [0.25, 0.3) is 11.8 Å². The van der Waals surface area contributed by atoms with Gasteiger partial charge in [-0.15, -0.1) is 11.8 Å². The van der Waals surface area contributed by atoms with Gasteiger partial charge in [-0.25, -0.2) is 0 Å². The number of phenols is 1. The van der Waals surface area contributed by atoms with E-state index in [1.165, 1.54) is 37.1 Å². The van der Waals surface area contributed by atoms with Crippen molar-refractivity contribution < 1.29 is 24.2 Å². The minimum Gasteiger partial charge on any atom is -0.508 e. The topological polar surface area (TPSA) is 108 Å². The molecule has 5 aromatic carbocycles. The Morgan fingerprint density at radius 3 is 2.10 bits per heavy atom. The molecule has 48 heavy (non-hydrogen) atoms. The number of thioether (sulfide) groups is 1. The molecule has 6 rings (SSSR count). The number of para-hydroxylation sites is 2. The highest BCUT2D eigenvalue weighted by molar-refractivity contribution is 8.00. The Kier molecular flexibility index (Phi) is 9.84. The number of benzene rings is 5. The summed E-state index contributed by atoms with van der Waals surface area (Å²) in [5.41, 5.74) is 3.07. The fraction of sp³-hybridized carbons (Fsp3) is 0.0789. The summed E-state index contributed by atoms with van der Waals surface area (Å²) >= 11 is 3.08. The van der Waals surface area contributed by atoms with Crippen LogP contribution in [0.25, 0.3) is 6.08 Å². The molecule has 3 N–H and O–H groups in total. The number of nitrogens with zero attached hydrogens (tertiary/aromatic N) is 1. The molecule has 1 atom stereocenters. The van der Waals surface area contributed by atoms with Crippen LogP contribution in [0.3, 0.4) is 0 Å². The van der Waals surface area contributed by atoms with E-state index >= 15 is 0 Å². The van der Waals surface area contributed by atoms with Crippen molar-refractivity contribution in [3.8, 4) is 11.5 Å². The lowest BCUT2D eigenvalue weighted by molar-refractivity contribution is -0.117. The molecule has 0 saturated heterocycles. The van der Waals surface area contributed by atoms with E-state index in [2.05, 4.69) is 10.6 Å². The lowest BCUT2D eigenvalue weighted by Gasteiger charge is -2.32.